The standard InChI is InChI=1S/C14H16N2O3/c1-8(9(2)17)14-15-13(16-19-14)12-7-10-5-3-4-6-11(10)18-12/h3-6,8-9,12,17H,7H2,1-2H3. The molecule has 1 aliphatic rings. The molecule has 0 fully saturated rings. The van der Waals surface area contributed by atoms with E-state index < -0.39 is 6.10 Å². The van der Waals surface area contributed by atoms with Crippen molar-refractivity contribution in [1.82, 2.24) is 10.1 Å². The Hall–Kier alpha value is -1.88. The Morgan fingerprint density at radius 1 is 1.32 bits per heavy atom. The first-order valence-electron chi connectivity index (χ1n) is 6.41. The number of nitrogens with zero attached hydrogens (tertiary/aromatic N) is 2. The van der Waals surface area contributed by atoms with Crippen LogP contribution in [0.2, 0.25) is 0 Å². The maximum Gasteiger partial charge on any atom is 0.232 e. The van der Waals surface area contributed by atoms with Crippen molar-refractivity contribution in [3.63, 3.8) is 0 Å². The third-order valence-electron chi connectivity index (χ3n) is 3.51. The summed E-state index contributed by atoms with van der Waals surface area (Å²) in [5.74, 6) is 1.69. The van der Waals surface area contributed by atoms with Crippen LogP contribution < -0.4 is 4.74 Å². The third kappa shape index (κ3) is 2.21. The van der Waals surface area contributed by atoms with Crippen molar-refractivity contribution in [1.29, 1.82) is 0 Å². The molecule has 0 radical (unpaired) electrons. The fraction of sp³-hybridized carbons (Fsp3) is 0.429. The molecule has 2 heterocycles. The van der Waals surface area contributed by atoms with Gasteiger partial charge in [0.05, 0.1) is 12.0 Å². The molecule has 3 unspecified atom stereocenters. The van der Waals surface area contributed by atoms with Crippen molar-refractivity contribution in [2.24, 2.45) is 0 Å². The number of aliphatic hydroxyl groups is 1. The van der Waals surface area contributed by atoms with Gasteiger partial charge >= 0.3 is 0 Å². The van der Waals surface area contributed by atoms with Crippen molar-refractivity contribution in [2.75, 3.05) is 0 Å². The number of benzene rings is 1. The van der Waals surface area contributed by atoms with Crippen LogP contribution >= 0.6 is 0 Å². The van der Waals surface area contributed by atoms with Crippen molar-refractivity contribution >= 4 is 0 Å². The van der Waals surface area contributed by atoms with E-state index in [1.54, 1.807) is 6.92 Å². The Labute approximate surface area is 111 Å². The van der Waals surface area contributed by atoms with E-state index in [1.165, 1.54) is 0 Å². The Kier molecular flexibility index (Phi) is 2.98. The molecular weight excluding hydrogens is 244 g/mol. The van der Waals surface area contributed by atoms with Crippen LogP contribution in [-0.4, -0.2) is 21.4 Å². The molecule has 1 aromatic heterocycles. The SMILES string of the molecule is CC(O)C(C)c1nc(C2Cc3ccccc3O2)no1. The molecule has 1 aliphatic heterocycles. The quantitative estimate of drug-likeness (QED) is 0.916. The van der Waals surface area contributed by atoms with Gasteiger partial charge in [-0.3, -0.25) is 0 Å². The molecule has 0 saturated carbocycles. The predicted octanol–water partition coefficient (Wildman–Crippen LogP) is 2.23. The molecule has 5 nitrogen and oxygen atoms in total. The highest BCUT2D eigenvalue weighted by molar-refractivity contribution is 5.37. The van der Waals surface area contributed by atoms with Crippen LogP contribution in [0.1, 0.15) is 43.1 Å². The second-order valence-electron chi connectivity index (χ2n) is 4.94. The van der Waals surface area contributed by atoms with Gasteiger partial charge in [-0.05, 0) is 18.6 Å². The van der Waals surface area contributed by atoms with Gasteiger partial charge < -0.3 is 14.4 Å². The first-order chi connectivity index (χ1) is 9.15. The van der Waals surface area contributed by atoms with Crippen LogP contribution in [0.3, 0.4) is 0 Å². The molecule has 5 heteroatoms. The van der Waals surface area contributed by atoms with E-state index in [-0.39, 0.29) is 12.0 Å². The highest BCUT2D eigenvalue weighted by Gasteiger charge is 2.29. The summed E-state index contributed by atoms with van der Waals surface area (Å²) >= 11 is 0. The van der Waals surface area contributed by atoms with Gasteiger partial charge in [-0.25, -0.2) is 0 Å². The van der Waals surface area contributed by atoms with Crippen molar-refractivity contribution in [3.8, 4) is 5.75 Å². The van der Waals surface area contributed by atoms with E-state index in [4.69, 9.17) is 9.26 Å². The van der Waals surface area contributed by atoms with Crippen molar-refractivity contribution in [3.05, 3.63) is 41.5 Å². The van der Waals surface area contributed by atoms with Gasteiger partial charge in [0.2, 0.25) is 11.7 Å². The number of rotatable bonds is 3. The molecule has 3 atom stereocenters. The monoisotopic (exact) mass is 260 g/mol. The lowest BCUT2D eigenvalue weighted by Crippen LogP contribution is -2.12. The number of ether oxygens (including phenoxy) is 1. The lowest BCUT2D eigenvalue weighted by Gasteiger charge is -2.08. The molecule has 2 aromatic rings. The van der Waals surface area contributed by atoms with Crippen LogP contribution in [-0.2, 0) is 6.42 Å². The highest BCUT2D eigenvalue weighted by atomic mass is 16.5. The van der Waals surface area contributed by atoms with Gasteiger partial charge in [0.1, 0.15) is 5.75 Å². The van der Waals surface area contributed by atoms with E-state index >= 15 is 0 Å². The van der Waals surface area contributed by atoms with Gasteiger partial charge in [-0.1, -0.05) is 30.3 Å². The normalized spacial score (nSPS) is 20.7. The number of hydrogen-bond donors (Lipinski definition) is 1. The zero-order valence-corrected chi connectivity index (χ0v) is 10.9. The van der Waals surface area contributed by atoms with Gasteiger partial charge in [0, 0.05) is 6.42 Å². The zero-order chi connectivity index (χ0) is 13.4. The Morgan fingerprint density at radius 2 is 2.11 bits per heavy atom. The molecule has 0 spiro atoms. The third-order valence-corrected chi connectivity index (χ3v) is 3.51. The van der Waals surface area contributed by atoms with Crippen LogP contribution in [0, 0.1) is 0 Å². The van der Waals surface area contributed by atoms with E-state index in [0.717, 1.165) is 17.7 Å². The Bertz CT molecular complexity index is 555. The topological polar surface area (TPSA) is 68.4 Å². The molecule has 100 valence electrons. The zero-order valence-electron chi connectivity index (χ0n) is 10.9. The molecule has 0 bridgehead atoms. The second-order valence-corrected chi connectivity index (χ2v) is 4.94. The van der Waals surface area contributed by atoms with Crippen LogP contribution in [0.15, 0.2) is 28.8 Å². The first kappa shape index (κ1) is 12.2. The summed E-state index contributed by atoms with van der Waals surface area (Å²) in [5, 5.41) is 13.5. The molecule has 1 N–H and O–H groups in total. The summed E-state index contributed by atoms with van der Waals surface area (Å²) in [4.78, 5) is 4.33. The largest absolute Gasteiger partial charge is 0.482 e. The Morgan fingerprint density at radius 3 is 2.84 bits per heavy atom. The molecule has 1 aromatic carbocycles. The van der Waals surface area contributed by atoms with E-state index in [0.29, 0.717) is 11.7 Å². The molecule has 3 rings (SSSR count). The van der Waals surface area contributed by atoms with Crippen molar-refractivity contribution < 1.29 is 14.4 Å². The fourth-order valence-corrected chi connectivity index (χ4v) is 2.10. The smallest absolute Gasteiger partial charge is 0.232 e. The predicted molar refractivity (Wildman–Crippen MR) is 67.9 cm³/mol. The number of para-hydroxylation sites is 1. The lowest BCUT2D eigenvalue weighted by atomic mass is 10.1. The Balaban J connectivity index is 1.79. The van der Waals surface area contributed by atoms with Crippen molar-refractivity contribution in [2.45, 2.75) is 38.4 Å². The minimum atomic E-state index is -0.519. The van der Waals surface area contributed by atoms with Crippen LogP contribution in [0.4, 0.5) is 0 Å². The summed E-state index contributed by atoms with van der Waals surface area (Å²) in [6.07, 6.45) is 0.0316. The average Bonchev–Trinajstić information content (AvgIpc) is 3.03. The lowest BCUT2D eigenvalue weighted by molar-refractivity contribution is 0.151. The van der Waals surface area contributed by atoms with E-state index in [9.17, 15) is 5.11 Å². The maximum atomic E-state index is 9.53. The average molecular weight is 260 g/mol. The summed E-state index contributed by atoms with van der Waals surface area (Å²) in [6, 6.07) is 7.91. The fourth-order valence-electron chi connectivity index (χ4n) is 2.10. The molecule has 0 saturated heterocycles. The number of aliphatic hydroxyl groups excluding tert-OH is 1. The van der Waals surface area contributed by atoms with Gasteiger partial charge in [0.15, 0.2) is 6.10 Å². The maximum absolute atomic E-state index is 9.53. The highest BCUT2D eigenvalue weighted by Crippen LogP contribution is 2.35. The molecular formula is C14H16N2O3. The molecule has 0 amide bonds. The summed E-state index contributed by atoms with van der Waals surface area (Å²) in [7, 11) is 0. The number of hydrogen-bond acceptors (Lipinski definition) is 5. The van der Waals surface area contributed by atoms with Gasteiger partial charge in [0.25, 0.3) is 0 Å². The summed E-state index contributed by atoms with van der Waals surface area (Å²) in [6.45, 7) is 3.56. The van der Waals surface area contributed by atoms with Crippen LogP contribution in [0.25, 0.3) is 0 Å². The molecule has 19 heavy (non-hydrogen) atoms. The minimum Gasteiger partial charge on any atom is -0.482 e. The number of aromatic nitrogens is 2. The van der Waals surface area contributed by atoms with Crippen LogP contribution in [0.5, 0.6) is 5.75 Å². The van der Waals surface area contributed by atoms with E-state index in [2.05, 4.69) is 10.1 Å². The number of fused-ring (bicyclic) bond motifs is 1. The first-order valence-corrected chi connectivity index (χ1v) is 6.41. The summed E-state index contributed by atoms with van der Waals surface area (Å²) in [5.41, 5.74) is 1.16. The minimum absolute atomic E-state index is 0.176. The van der Waals surface area contributed by atoms with Gasteiger partial charge in [-0.15, -0.1) is 0 Å². The summed E-state index contributed by atoms with van der Waals surface area (Å²) < 4.78 is 11.0. The second kappa shape index (κ2) is 4.66. The molecule has 0 aliphatic carbocycles. The van der Waals surface area contributed by atoms with E-state index in [1.807, 2.05) is 31.2 Å². The van der Waals surface area contributed by atoms with Gasteiger partial charge in [-0.2, -0.15) is 4.98 Å².